The average molecular weight is 457 g/mol. The Hall–Kier alpha value is -2.34. The van der Waals surface area contributed by atoms with Gasteiger partial charge in [-0.25, -0.2) is 8.42 Å². The third-order valence-electron chi connectivity index (χ3n) is 6.32. The molecular weight excluding hydrogens is 420 g/mol. The number of sulfonamides is 1. The van der Waals surface area contributed by atoms with E-state index in [0.29, 0.717) is 18.5 Å². The van der Waals surface area contributed by atoms with E-state index in [4.69, 9.17) is 0 Å². The number of nitrogens with one attached hydrogen (secondary N) is 1. The van der Waals surface area contributed by atoms with E-state index in [-0.39, 0.29) is 18.5 Å². The van der Waals surface area contributed by atoms with Crippen LogP contribution in [0.3, 0.4) is 0 Å². The van der Waals surface area contributed by atoms with Crippen molar-refractivity contribution in [1.29, 1.82) is 0 Å². The van der Waals surface area contributed by atoms with Crippen LogP contribution < -0.4 is 9.62 Å². The molecule has 0 bridgehead atoms. The van der Waals surface area contributed by atoms with Crippen molar-refractivity contribution in [3.8, 4) is 0 Å². The number of fused-ring (bicyclic) bond motifs is 1. The molecule has 0 heterocycles. The minimum absolute atomic E-state index is 0.0117. The molecule has 5 nitrogen and oxygen atoms in total. The molecule has 2 aromatic rings. The van der Waals surface area contributed by atoms with Crippen molar-refractivity contribution in [2.75, 3.05) is 17.1 Å². The third-order valence-corrected chi connectivity index (χ3v) is 7.51. The van der Waals surface area contributed by atoms with Crippen LogP contribution in [0.5, 0.6) is 0 Å². The van der Waals surface area contributed by atoms with Crippen molar-refractivity contribution in [3.63, 3.8) is 0 Å². The van der Waals surface area contributed by atoms with Gasteiger partial charge in [-0.15, -0.1) is 0 Å². The highest BCUT2D eigenvalue weighted by Crippen LogP contribution is 2.26. The first-order chi connectivity index (χ1) is 15.3. The molecule has 1 atom stereocenters. The Morgan fingerprint density at radius 2 is 1.72 bits per heavy atom. The maximum atomic E-state index is 12.6. The quantitative estimate of drug-likeness (QED) is 0.551. The number of aryl methyl sites for hydroxylation is 3. The van der Waals surface area contributed by atoms with Crippen molar-refractivity contribution >= 4 is 21.6 Å². The second-order valence-electron chi connectivity index (χ2n) is 8.72. The van der Waals surface area contributed by atoms with E-state index in [1.54, 1.807) is 0 Å². The average Bonchev–Trinajstić information content (AvgIpc) is 2.79. The smallest absolute Gasteiger partial charge is 0.232 e. The number of nitrogens with zero attached hydrogens (tertiary/aromatic N) is 1. The highest BCUT2D eigenvalue weighted by molar-refractivity contribution is 7.92. The predicted octanol–water partition coefficient (Wildman–Crippen LogP) is 4.94. The van der Waals surface area contributed by atoms with E-state index in [1.165, 1.54) is 34.5 Å². The standard InChI is InChI=1S/C26H36N2O3S/c1-4-20-12-16-24(17-13-20)28(32(3,30)31)18-8-11-26(29)27-25(5-2)23-15-14-21-9-6-7-10-22(21)19-23/h12-17,19,25H,4-11,18H2,1-3H3,(H,27,29)/t25-/m0/s1. The van der Waals surface area contributed by atoms with E-state index in [0.717, 1.165) is 36.8 Å². The summed E-state index contributed by atoms with van der Waals surface area (Å²) in [4.78, 5) is 12.6. The van der Waals surface area contributed by atoms with Gasteiger partial charge in [0.2, 0.25) is 15.9 Å². The van der Waals surface area contributed by atoms with Crippen LogP contribution in [0.1, 0.15) is 74.2 Å². The lowest BCUT2D eigenvalue weighted by molar-refractivity contribution is -0.121. The molecule has 2 aromatic carbocycles. The van der Waals surface area contributed by atoms with E-state index < -0.39 is 10.0 Å². The minimum atomic E-state index is -3.41. The number of hydrogen-bond donors (Lipinski definition) is 1. The maximum absolute atomic E-state index is 12.6. The van der Waals surface area contributed by atoms with E-state index in [1.807, 2.05) is 24.3 Å². The van der Waals surface area contributed by atoms with Crippen molar-refractivity contribution < 1.29 is 13.2 Å². The molecule has 0 saturated heterocycles. The first-order valence-corrected chi connectivity index (χ1v) is 13.6. The van der Waals surface area contributed by atoms with Crippen LogP contribution in [0.4, 0.5) is 5.69 Å². The summed E-state index contributed by atoms with van der Waals surface area (Å²) >= 11 is 0. The van der Waals surface area contributed by atoms with Gasteiger partial charge in [0.05, 0.1) is 18.0 Å². The van der Waals surface area contributed by atoms with Gasteiger partial charge >= 0.3 is 0 Å². The molecule has 0 radical (unpaired) electrons. The van der Waals surface area contributed by atoms with Crippen molar-refractivity contribution in [3.05, 3.63) is 64.7 Å². The Morgan fingerprint density at radius 3 is 2.34 bits per heavy atom. The highest BCUT2D eigenvalue weighted by Gasteiger charge is 2.19. The summed E-state index contributed by atoms with van der Waals surface area (Å²) in [5, 5.41) is 3.15. The van der Waals surface area contributed by atoms with Crippen LogP contribution in [0, 0.1) is 0 Å². The number of benzene rings is 2. The largest absolute Gasteiger partial charge is 0.349 e. The molecule has 1 amide bonds. The number of amides is 1. The minimum Gasteiger partial charge on any atom is -0.349 e. The van der Waals surface area contributed by atoms with Gasteiger partial charge < -0.3 is 5.32 Å². The van der Waals surface area contributed by atoms with Gasteiger partial charge in [-0.05, 0) is 79.3 Å². The Bertz CT molecular complexity index is 1020. The molecular formula is C26H36N2O3S. The Labute approximate surface area is 193 Å². The number of carbonyl (C=O) groups excluding carboxylic acids is 1. The molecule has 0 spiro atoms. The van der Waals surface area contributed by atoms with Gasteiger partial charge in [0.15, 0.2) is 0 Å². The van der Waals surface area contributed by atoms with Crippen LogP contribution in [-0.2, 0) is 34.1 Å². The first-order valence-electron chi connectivity index (χ1n) is 11.8. The molecule has 0 fully saturated rings. The summed E-state index contributed by atoms with van der Waals surface area (Å²) in [5.74, 6) is -0.0376. The number of rotatable bonds is 10. The zero-order valence-corrected chi connectivity index (χ0v) is 20.4. The zero-order chi connectivity index (χ0) is 23.1. The number of carbonyl (C=O) groups is 1. The molecule has 3 rings (SSSR count). The van der Waals surface area contributed by atoms with Crippen molar-refractivity contribution in [2.24, 2.45) is 0 Å². The molecule has 0 aromatic heterocycles. The number of anilines is 1. The molecule has 0 unspecified atom stereocenters. The van der Waals surface area contributed by atoms with Gasteiger partial charge in [-0.1, -0.05) is 44.2 Å². The molecule has 1 aliphatic carbocycles. The van der Waals surface area contributed by atoms with Crippen molar-refractivity contribution in [1.82, 2.24) is 5.32 Å². The third kappa shape index (κ3) is 6.35. The summed E-state index contributed by atoms with van der Waals surface area (Å²) < 4.78 is 26.0. The van der Waals surface area contributed by atoms with Gasteiger partial charge in [-0.2, -0.15) is 0 Å². The van der Waals surface area contributed by atoms with Crippen LogP contribution in [0.25, 0.3) is 0 Å². The summed E-state index contributed by atoms with van der Waals surface area (Å²) in [6, 6.07) is 14.2. The normalized spacial score (nSPS) is 14.5. The van der Waals surface area contributed by atoms with Gasteiger partial charge in [0.25, 0.3) is 0 Å². The second-order valence-corrected chi connectivity index (χ2v) is 10.6. The summed E-state index contributed by atoms with van der Waals surface area (Å²) in [6.07, 6.45) is 8.46. The maximum Gasteiger partial charge on any atom is 0.232 e. The topological polar surface area (TPSA) is 66.5 Å². The molecule has 1 N–H and O–H groups in total. The SMILES string of the molecule is CCc1ccc(N(CCCC(=O)N[C@@H](CC)c2ccc3c(c2)CCCC3)S(C)(=O)=O)cc1. The fourth-order valence-corrected chi connectivity index (χ4v) is 5.39. The van der Waals surface area contributed by atoms with Crippen LogP contribution in [0.2, 0.25) is 0 Å². The monoisotopic (exact) mass is 456 g/mol. The molecule has 1 aliphatic rings. The summed E-state index contributed by atoms with van der Waals surface area (Å²) in [7, 11) is -3.41. The van der Waals surface area contributed by atoms with Gasteiger partial charge in [0, 0.05) is 13.0 Å². The summed E-state index contributed by atoms with van der Waals surface area (Å²) in [5.41, 5.74) is 5.82. The Morgan fingerprint density at radius 1 is 1.03 bits per heavy atom. The fraction of sp³-hybridized carbons (Fsp3) is 0.500. The van der Waals surface area contributed by atoms with Crippen LogP contribution in [-0.4, -0.2) is 27.1 Å². The predicted molar refractivity (Wildman–Crippen MR) is 132 cm³/mol. The van der Waals surface area contributed by atoms with Crippen LogP contribution in [0.15, 0.2) is 42.5 Å². The highest BCUT2D eigenvalue weighted by atomic mass is 32.2. The number of hydrogen-bond acceptors (Lipinski definition) is 3. The summed E-state index contributed by atoms with van der Waals surface area (Å²) in [6.45, 7) is 4.43. The van der Waals surface area contributed by atoms with E-state index in [9.17, 15) is 13.2 Å². The first kappa shape index (κ1) is 24.3. The van der Waals surface area contributed by atoms with Crippen LogP contribution >= 0.6 is 0 Å². The Balaban J connectivity index is 1.58. The lowest BCUT2D eigenvalue weighted by Crippen LogP contribution is -2.33. The van der Waals surface area contributed by atoms with Gasteiger partial charge in [0.1, 0.15) is 0 Å². The molecule has 32 heavy (non-hydrogen) atoms. The lowest BCUT2D eigenvalue weighted by atomic mass is 9.89. The van der Waals surface area contributed by atoms with E-state index in [2.05, 4.69) is 37.4 Å². The molecule has 174 valence electrons. The lowest BCUT2D eigenvalue weighted by Gasteiger charge is -2.23. The Kier molecular flexibility index (Phi) is 8.35. The molecule has 0 saturated carbocycles. The zero-order valence-electron chi connectivity index (χ0n) is 19.6. The van der Waals surface area contributed by atoms with E-state index >= 15 is 0 Å². The molecule has 6 heteroatoms. The van der Waals surface area contributed by atoms with Crippen molar-refractivity contribution in [2.45, 2.75) is 71.3 Å². The molecule has 0 aliphatic heterocycles. The van der Waals surface area contributed by atoms with Gasteiger partial charge in [-0.3, -0.25) is 9.10 Å². The second kappa shape index (κ2) is 11.0. The fourth-order valence-electron chi connectivity index (χ4n) is 4.43.